The molecule has 3 aromatic carbocycles. The number of fused-ring (bicyclic) bond motifs is 3. The topological polar surface area (TPSA) is 0 Å². The maximum Gasteiger partial charge on any atom is 2.00 e. The molecule has 0 radical (unpaired) electrons. The summed E-state index contributed by atoms with van der Waals surface area (Å²) in [6.07, 6.45) is 9.65. The number of hydrogen-bond acceptors (Lipinski definition) is 0. The molecule has 0 bridgehead atoms. The number of rotatable bonds is 1. The Bertz CT molecular complexity index is 724. The summed E-state index contributed by atoms with van der Waals surface area (Å²) in [6.45, 7) is 2.15. The van der Waals surface area contributed by atoms with Crippen molar-refractivity contribution < 1.29 is 26.2 Å². The van der Waals surface area contributed by atoms with Crippen molar-refractivity contribution in [3.05, 3.63) is 78.4 Å². The van der Waals surface area contributed by atoms with Crippen LogP contribution < -0.4 is 0 Å². The first-order chi connectivity index (χ1) is 9.88. The minimum atomic E-state index is 0. The van der Waals surface area contributed by atoms with Crippen molar-refractivity contribution in [3.8, 4) is 0 Å². The summed E-state index contributed by atoms with van der Waals surface area (Å²) >= 11 is 0. The third kappa shape index (κ3) is 3.66. The first-order valence-corrected chi connectivity index (χ1v) is 7.18. The second-order valence-corrected chi connectivity index (χ2v) is 4.98. The molecule has 0 saturated carbocycles. The van der Waals surface area contributed by atoms with E-state index in [1.807, 2.05) is 0 Å². The molecule has 1 heteroatoms. The quantitative estimate of drug-likeness (QED) is 0.487. The van der Waals surface area contributed by atoms with Crippen LogP contribution in [0.5, 0.6) is 0 Å². The molecule has 21 heavy (non-hydrogen) atoms. The average Bonchev–Trinajstić information content (AvgIpc) is 3.15. The number of hydrogen-bond donors (Lipinski definition) is 0. The Labute approximate surface area is 145 Å². The average molecular weight is 350 g/mol. The zero-order valence-corrected chi connectivity index (χ0v) is 14.7. The van der Waals surface area contributed by atoms with Gasteiger partial charge in [0.25, 0.3) is 0 Å². The summed E-state index contributed by atoms with van der Waals surface area (Å²) in [5.74, 6) is 0. The van der Waals surface area contributed by atoms with E-state index < -0.39 is 0 Å². The van der Waals surface area contributed by atoms with Crippen LogP contribution in [0.3, 0.4) is 0 Å². The first-order valence-electron chi connectivity index (χ1n) is 7.18. The summed E-state index contributed by atoms with van der Waals surface area (Å²) < 4.78 is 0. The van der Waals surface area contributed by atoms with Crippen LogP contribution >= 0.6 is 0 Å². The summed E-state index contributed by atoms with van der Waals surface area (Å²) in [5.41, 5.74) is 1.36. The van der Waals surface area contributed by atoms with E-state index in [1.54, 1.807) is 0 Å². The van der Waals surface area contributed by atoms with Crippen molar-refractivity contribution in [1.82, 2.24) is 0 Å². The molecule has 0 aromatic heterocycles. The van der Waals surface area contributed by atoms with E-state index in [9.17, 15) is 0 Å². The van der Waals surface area contributed by atoms with Crippen molar-refractivity contribution in [1.29, 1.82) is 0 Å². The molecule has 102 valence electrons. The van der Waals surface area contributed by atoms with Crippen molar-refractivity contribution in [2.24, 2.45) is 0 Å². The van der Waals surface area contributed by atoms with E-state index in [2.05, 4.69) is 79.7 Å². The van der Waals surface area contributed by atoms with Gasteiger partial charge in [0.2, 0.25) is 0 Å². The maximum absolute atomic E-state index is 3.21. The first kappa shape index (κ1) is 16.1. The molecule has 3 aromatic rings. The van der Waals surface area contributed by atoms with E-state index in [1.165, 1.54) is 27.1 Å². The predicted octanol–water partition coefficient (Wildman–Crippen LogP) is 5.80. The molecule has 0 saturated heterocycles. The molecule has 0 nitrogen and oxygen atoms in total. The van der Waals surface area contributed by atoms with Gasteiger partial charge in [-0.1, -0.05) is 49.7 Å². The van der Waals surface area contributed by atoms with Crippen LogP contribution in [-0.2, 0) is 26.2 Å². The van der Waals surface area contributed by atoms with Crippen LogP contribution in [0.25, 0.3) is 21.5 Å². The second-order valence-electron chi connectivity index (χ2n) is 4.98. The van der Waals surface area contributed by atoms with Gasteiger partial charge in [0, 0.05) is 0 Å². The van der Waals surface area contributed by atoms with E-state index >= 15 is 0 Å². The normalized spacial score (nSPS) is 12.7. The van der Waals surface area contributed by atoms with Gasteiger partial charge in [-0.15, -0.1) is 46.2 Å². The van der Waals surface area contributed by atoms with Crippen LogP contribution in [0.15, 0.2) is 72.3 Å². The third-order valence-electron chi connectivity index (χ3n) is 3.67. The molecule has 0 N–H and O–H groups in total. The van der Waals surface area contributed by atoms with Crippen molar-refractivity contribution in [3.63, 3.8) is 0 Å². The molecule has 1 aliphatic carbocycles. The molecule has 4 rings (SSSR count). The van der Waals surface area contributed by atoms with Crippen molar-refractivity contribution in [2.45, 2.75) is 19.8 Å². The number of benzene rings is 2. The van der Waals surface area contributed by atoms with E-state index in [0.717, 1.165) is 12.8 Å². The van der Waals surface area contributed by atoms with Crippen LogP contribution in [0, 0.1) is 6.08 Å². The van der Waals surface area contributed by atoms with Gasteiger partial charge in [0.1, 0.15) is 0 Å². The van der Waals surface area contributed by atoms with Gasteiger partial charge in [-0.3, -0.25) is 6.08 Å². The van der Waals surface area contributed by atoms with Crippen molar-refractivity contribution in [2.75, 3.05) is 0 Å². The standard InChI is InChI=1S/C13H9.C7H9.Zr/c1-3-7-12-10(5-1)9-11-6-2-4-8-13(11)12;1-2-7-5-3-4-6-7;/h1-9H;3,5H,2,4H2,1H3;/q2*-1;+2. The summed E-state index contributed by atoms with van der Waals surface area (Å²) in [5, 5.41) is 5.39. The summed E-state index contributed by atoms with van der Waals surface area (Å²) in [7, 11) is 0. The van der Waals surface area contributed by atoms with Crippen LogP contribution in [-0.4, -0.2) is 0 Å². The Morgan fingerprint density at radius 3 is 1.95 bits per heavy atom. The Hall–Kier alpha value is -1.33. The Kier molecular flexibility index (Phi) is 5.82. The maximum atomic E-state index is 3.21. The Morgan fingerprint density at radius 2 is 1.52 bits per heavy atom. The molecule has 0 fully saturated rings. The van der Waals surface area contributed by atoms with Crippen LogP contribution in [0.4, 0.5) is 0 Å². The fourth-order valence-electron chi connectivity index (χ4n) is 2.60. The molecular formula is C20H18Zr. The van der Waals surface area contributed by atoms with Gasteiger partial charge >= 0.3 is 26.2 Å². The molecule has 0 spiro atoms. The van der Waals surface area contributed by atoms with E-state index in [0.29, 0.717) is 0 Å². The molecule has 0 atom stereocenters. The Morgan fingerprint density at radius 1 is 0.952 bits per heavy atom. The van der Waals surface area contributed by atoms with E-state index in [4.69, 9.17) is 0 Å². The third-order valence-corrected chi connectivity index (χ3v) is 3.67. The molecule has 0 unspecified atom stereocenters. The minimum absolute atomic E-state index is 0. The SMILES string of the molecule is CCC1=[C-]CC=C1.[Zr+2].c1ccc2c(c1)[cH-]c1ccccc12. The van der Waals surface area contributed by atoms with Crippen molar-refractivity contribution >= 4 is 21.5 Å². The van der Waals surface area contributed by atoms with Crippen LogP contribution in [0.1, 0.15) is 19.8 Å². The van der Waals surface area contributed by atoms with E-state index in [-0.39, 0.29) is 26.2 Å². The van der Waals surface area contributed by atoms with Crippen LogP contribution in [0.2, 0.25) is 0 Å². The molecule has 0 heterocycles. The monoisotopic (exact) mass is 348 g/mol. The fourth-order valence-corrected chi connectivity index (χ4v) is 2.60. The van der Waals surface area contributed by atoms with Gasteiger partial charge in [-0.05, 0) is 0 Å². The Balaban J connectivity index is 0.000000174. The summed E-state index contributed by atoms with van der Waals surface area (Å²) in [6, 6.07) is 19.3. The summed E-state index contributed by atoms with van der Waals surface area (Å²) in [4.78, 5) is 0. The van der Waals surface area contributed by atoms with Gasteiger partial charge in [0.15, 0.2) is 0 Å². The smallest absolute Gasteiger partial charge is 0.270 e. The second kappa shape index (κ2) is 7.62. The molecule has 1 aliphatic rings. The largest absolute Gasteiger partial charge is 2.00 e. The minimum Gasteiger partial charge on any atom is -0.270 e. The zero-order chi connectivity index (χ0) is 13.8. The number of allylic oxidation sites excluding steroid dienone is 4. The molecular weight excluding hydrogens is 331 g/mol. The fraction of sp³-hybridized carbons (Fsp3) is 0.150. The molecule has 0 aliphatic heterocycles. The van der Waals surface area contributed by atoms with Gasteiger partial charge in [-0.25, -0.2) is 11.6 Å². The van der Waals surface area contributed by atoms with Gasteiger partial charge < -0.3 is 0 Å². The predicted molar refractivity (Wildman–Crippen MR) is 87.9 cm³/mol. The van der Waals surface area contributed by atoms with Gasteiger partial charge in [-0.2, -0.15) is 6.08 Å². The van der Waals surface area contributed by atoms with Gasteiger partial charge in [0.05, 0.1) is 0 Å². The zero-order valence-electron chi connectivity index (χ0n) is 12.3. The molecule has 0 amide bonds.